The van der Waals surface area contributed by atoms with Crippen LogP contribution in [-0.4, -0.2) is 29.1 Å². The Kier molecular flexibility index (Phi) is 3.64. The summed E-state index contributed by atoms with van der Waals surface area (Å²) in [5.41, 5.74) is 6.57. The van der Waals surface area contributed by atoms with Crippen molar-refractivity contribution in [3.8, 4) is 5.75 Å². The summed E-state index contributed by atoms with van der Waals surface area (Å²) in [6.07, 6.45) is 1.11. The number of nitrogens with two attached hydrogens (primary N) is 1. The van der Waals surface area contributed by atoms with Crippen molar-refractivity contribution < 1.29 is 9.50 Å². The first-order chi connectivity index (χ1) is 8.10. The number of rotatable bonds is 3. The number of aromatic hydroxyl groups is 1. The van der Waals surface area contributed by atoms with Gasteiger partial charge in [-0.25, -0.2) is 4.39 Å². The molecule has 1 heterocycles. The molecule has 0 aliphatic carbocycles. The van der Waals surface area contributed by atoms with Crippen molar-refractivity contribution in [2.75, 3.05) is 13.1 Å². The largest absolute Gasteiger partial charge is 0.505 e. The highest BCUT2D eigenvalue weighted by atomic mass is 19.1. The van der Waals surface area contributed by atoms with Gasteiger partial charge < -0.3 is 10.8 Å². The van der Waals surface area contributed by atoms with E-state index >= 15 is 0 Å². The first-order valence-corrected chi connectivity index (χ1v) is 6.01. The fourth-order valence-corrected chi connectivity index (χ4v) is 2.49. The summed E-state index contributed by atoms with van der Waals surface area (Å²) in [4.78, 5) is 2.31. The van der Waals surface area contributed by atoms with Gasteiger partial charge in [0, 0.05) is 19.1 Å². The number of phenols is 1. The zero-order valence-corrected chi connectivity index (χ0v) is 10.1. The van der Waals surface area contributed by atoms with E-state index in [1.54, 1.807) is 6.07 Å². The molecule has 3 nitrogen and oxygen atoms in total. The van der Waals surface area contributed by atoms with Crippen LogP contribution >= 0.6 is 0 Å². The highest BCUT2D eigenvalue weighted by Crippen LogP contribution is 2.25. The smallest absolute Gasteiger partial charge is 0.165 e. The molecule has 1 aliphatic heterocycles. The monoisotopic (exact) mass is 238 g/mol. The lowest BCUT2D eigenvalue weighted by atomic mass is 10.1. The molecule has 1 fully saturated rings. The Morgan fingerprint density at radius 3 is 2.88 bits per heavy atom. The molecule has 0 radical (unpaired) electrons. The third-order valence-electron chi connectivity index (χ3n) is 3.52. The van der Waals surface area contributed by atoms with Crippen LogP contribution in [0, 0.1) is 11.7 Å². The van der Waals surface area contributed by atoms with Crippen LogP contribution in [0.2, 0.25) is 0 Å². The van der Waals surface area contributed by atoms with Crippen molar-refractivity contribution in [3.63, 3.8) is 0 Å². The van der Waals surface area contributed by atoms with Crippen molar-refractivity contribution >= 4 is 0 Å². The number of likely N-dealkylation sites (tertiary alicyclic amines) is 1. The van der Waals surface area contributed by atoms with Gasteiger partial charge in [0.2, 0.25) is 0 Å². The van der Waals surface area contributed by atoms with E-state index in [2.05, 4.69) is 11.8 Å². The van der Waals surface area contributed by atoms with Gasteiger partial charge in [-0.2, -0.15) is 0 Å². The number of nitrogens with zero attached hydrogens (tertiary/aromatic N) is 1. The van der Waals surface area contributed by atoms with Crippen LogP contribution in [0.15, 0.2) is 18.2 Å². The average molecular weight is 238 g/mol. The minimum Gasteiger partial charge on any atom is -0.505 e. The molecule has 2 rings (SSSR count). The SMILES string of the molecule is CC1CC(CN)CN1Cc1ccc(O)c(F)c1. The second-order valence-electron chi connectivity index (χ2n) is 4.90. The molecule has 0 spiro atoms. The van der Waals surface area contributed by atoms with Gasteiger partial charge in [-0.15, -0.1) is 0 Å². The summed E-state index contributed by atoms with van der Waals surface area (Å²) in [5.74, 6) is -0.292. The van der Waals surface area contributed by atoms with Crippen molar-refractivity contribution in [2.45, 2.75) is 25.9 Å². The van der Waals surface area contributed by atoms with E-state index < -0.39 is 5.82 Å². The predicted molar refractivity (Wildman–Crippen MR) is 65.1 cm³/mol. The Hall–Kier alpha value is -1.13. The molecule has 0 amide bonds. The maximum atomic E-state index is 13.2. The summed E-state index contributed by atoms with van der Waals surface area (Å²) in [6, 6.07) is 5.06. The summed E-state index contributed by atoms with van der Waals surface area (Å²) in [6.45, 7) is 4.58. The molecular formula is C13H19FN2O. The van der Waals surface area contributed by atoms with Crippen LogP contribution < -0.4 is 5.73 Å². The highest BCUT2D eigenvalue weighted by molar-refractivity contribution is 5.28. The molecule has 0 aromatic heterocycles. The Morgan fingerprint density at radius 1 is 1.53 bits per heavy atom. The number of halogens is 1. The minimum absolute atomic E-state index is 0.289. The van der Waals surface area contributed by atoms with E-state index in [4.69, 9.17) is 10.8 Å². The molecule has 0 bridgehead atoms. The van der Waals surface area contributed by atoms with Gasteiger partial charge in [-0.05, 0) is 43.5 Å². The van der Waals surface area contributed by atoms with Crippen LogP contribution in [0.25, 0.3) is 0 Å². The van der Waals surface area contributed by atoms with Gasteiger partial charge in [0.05, 0.1) is 0 Å². The maximum Gasteiger partial charge on any atom is 0.165 e. The van der Waals surface area contributed by atoms with Gasteiger partial charge >= 0.3 is 0 Å². The Bertz CT molecular complexity index is 397. The third kappa shape index (κ3) is 2.76. The molecule has 3 N–H and O–H groups in total. The Labute approximate surface area is 101 Å². The number of phenolic OH excluding ortho intramolecular Hbond substituents is 1. The summed E-state index contributed by atoms with van der Waals surface area (Å²) in [5, 5.41) is 9.13. The second kappa shape index (κ2) is 5.02. The fraction of sp³-hybridized carbons (Fsp3) is 0.538. The lowest BCUT2D eigenvalue weighted by molar-refractivity contribution is 0.255. The molecule has 1 aromatic carbocycles. The van der Waals surface area contributed by atoms with Crippen LogP contribution in [-0.2, 0) is 6.54 Å². The van der Waals surface area contributed by atoms with Crippen LogP contribution in [0.3, 0.4) is 0 Å². The maximum absolute atomic E-state index is 13.2. The number of hydrogen-bond acceptors (Lipinski definition) is 3. The zero-order chi connectivity index (χ0) is 12.4. The molecule has 4 heteroatoms. The van der Waals surface area contributed by atoms with Crippen molar-refractivity contribution in [1.29, 1.82) is 0 Å². The topological polar surface area (TPSA) is 49.5 Å². The van der Waals surface area contributed by atoms with Gasteiger partial charge in [0.1, 0.15) is 0 Å². The molecule has 2 unspecified atom stereocenters. The molecule has 0 saturated carbocycles. The fourth-order valence-electron chi connectivity index (χ4n) is 2.49. The molecule has 1 aliphatic rings. The van der Waals surface area contributed by atoms with E-state index in [1.807, 2.05) is 0 Å². The van der Waals surface area contributed by atoms with E-state index in [1.165, 1.54) is 12.1 Å². The molecule has 2 atom stereocenters. The third-order valence-corrected chi connectivity index (χ3v) is 3.52. The molecule has 1 aromatic rings. The lowest BCUT2D eigenvalue weighted by Gasteiger charge is -2.21. The van der Waals surface area contributed by atoms with Gasteiger partial charge in [-0.3, -0.25) is 4.90 Å². The average Bonchev–Trinajstić information content (AvgIpc) is 2.65. The predicted octanol–water partition coefficient (Wildman–Crippen LogP) is 1.70. The van der Waals surface area contributed by atoms with Crippen LogP contribution in [0.1, 0.15) is 18.9 Å². The minimum atomic E-state index is -0.551. The highest BCUT2D eigenvalue weighted by Gasteiger charge is 2.27. The van der Waals surface area contributed by atoms with Crippen molar-refractivity contribution in [2.24, 2.45) is 11.7 Å². The van der Waals surface area contributed by atoms with E-state index in [0.29, 0.717) is 18.5 Å². The Morgan fingerprint density at radius 2 is 2.29 bits per heavy atom. The first-order valence-electron chi connectivity index (χ1n) is 6.01. The molecular weight excluding hydrogens is 219 g/mol. The molecule has 1 saturated heterocycles. The normalized spacial score (nSPS) is 25.4. The van der Waals surface area contributed by atoms with E-state index in [9.17, 15) is 4.39 Å². The standard InChI is InChI=1S/C13H19FN2O/c1-9-4-11(6-15)8-16(9)7-10-2-3-13(17)12(14)5-10/h2-3,5,9,11,17H,4,6-8,15H2,1H3. The van der Waals surface area contributed by atoms with E-state index in [0.717, 1.165) is 25.1 Å². The first kappa shape index (κ1) is 12.3. The lowest BCUT2D eigenvalue weighted by Crippen LogP contribution is -2.27. The molecule has 17 heavy (non-hydrogen) atoms. The van der Waals surface area contributed by atoms with E-state index in [-0.39, 0.29) is 5.75 Å². The Balaban J connectivity index is 2.03. The van der Waals surface area contributed by atoms with Crippen molar-refractivity contribution in [1.82, 2.24) is 4.90 Å². The molecule has 94 valence electrons. The van der Waals surface area contributed by atoms with Gasteiger partial charge in [0.25, 0.3) is 0 Å². The quantitative estimate of drug-likeness (QED) is 0.842. The zero-order valence-electron chi connectivity index (χ0n) is 10.1. The van der Waals surface area contributed by atoms with Crippen LogP contribution in [0.5, 0.6) is 5.75 Å². The summed E-state index contributed by atoms with van der Waals surface area (Å²) < 4.78 is 13.2. The van der Waals surface area contributed by atoms with Crippen molar-refractivity contribution in [3.05, 3.63) is 29.6 Å². The van der Waals surface area contributed by atoms with Crippen LogP contribution in [0.4, 0.5) is 4.39 Å². The van der Waals surface area contributed by atoms with Gasteiger partial charge in [-0.1, -0.05) is 6.07 Å². The summed E-state index contributed by atoms with van der Waals surface area (Å²) in [7, 11) is 0. The number of benzene rings is 1. The second-order valence-corrected chi connectivity index (χ2v) is 4.90. The van der Waals surface area contributed by atoms with Gasteiger partial charge in [0.15, 0.2) is 11.6 Å². The summed E-state index contributed by atoms with van der Waals surface area (Å²) >= 11 is 0. The number of hydrogen-bond donors (Lipinski definition) is 2.